The maximum atomic E-state index is 11.9. The van der Waals surface area contributed by atoms with E-state index in [2.05, 4.69) is 18.8 Å². The number of aromatic nitrogens is 1. The summed E-state index contributed by atoms with van der Waals surface area (Å²) in [6, 6.07) is 3.98. The smallest absolute Gasteiger partial charge is 0.254 e. The van der Waals surface area contributed by atoms with Crippen LogP contribution in [0.4, 0.5) is 0 Å². The van der Waals surface area contributed by atoms with Crippen LogP contribution in [0.1, 0.15) is 43.9 Å². The van der Waals surface area contributed by atoms with E-state index >= 15 is 0 Å². The van der Waals surface area contributed by atoms with E-state index in [4.69, 9.17) is 0 Å². The topological polar surface area (TPSA) is 53.4 Å². The summed E-state index contributed by atoms with van der Waals surface area (Å²) < 4.78 is 0. The summed E-state index contributed by atoms with van der Waals surface area (Å²) in [5.74, 6) is 0.260. The number of hydrogen-bond acceptors (Lipinski definition) is 3. The van der Waals surface area contributed by atoms with Gasteiger partial charge < -0.3 is 10.0 Å². The van der Waals surface area contributed by atoms with Gasteiger partial charge in [-0.1, -0.05) is 19.9 Å². The predicted octanol–water partition coefficient (Wildman–Crippen LogP) is 1.69. The zero-order valence-electron chi connectivity index (χ0n) is 11.2. The van der Waals surface area contributed by atoms with Crippen molar-refractivity contribution >= 4 is 5.91 Å². The normalized spacial score (nSPS) is 16.7. The number of carbonyl (C=O) groups is 1. The van der Waals surface area contributed by atoms with Crippen LogP contribution in [-0.4, -0.2) is 33.5 Å². The molecule has 0 saturated heterocycles. The molecule has 1 aliphatic carbocycles. The van der Waals surface area contributed by atoms with Crippen molar-refractivity contribution in [3.8, 4) is 0 Å². The highest BCUT2D eigenvalue weighted by molar-refractivity contribution is 5.87. The fourth-order valence-corrected chi connectivity index (χ4v) is 1.87. The number of pyridine rings is 1. The average molecular weight is 248 g/mol. The van der Waals surface area contributed by atoms with Crippen LogP contribution < -0.4 is 0 Å². The Bertz CT molecular complexity index is 436. The zero-order chi connectivity index (χ0) is 13.3. The fraction of sp³-hybridized carbons (Fsp3) is 0.571. The van der Waals surface area contributed by atoms with Crippen molar-refractivity contribution in [2.24, 2.45) is 0 Å². The molecule has 98 valence electrons. The van der Waals surface area contributed by atoms with Gasteiger partial charge in [0.1, 0.15) is 5.60 Å². The summed E-state index contributed by atoms with van der Waals surface area (Å²) in [5.41, 5.74) is 0.945. The molecular formula is C14H20N2O2. The largest absolute Gasteiger partial charge is 0.380 e. The molecule has 0 atom stereocenters. The fourth-order valence-electron chi connectivity index (χ4n) is 1.87. The monoisotopic (exact) mass is 248 g/mol. The summed E-state index contributed by atoms with van der Waals surface area (Å²) in [6.45, 7) is 4.68. The first-order chi connectivity index (χ1) is 8.42. The van der Waals surface area contributed by atoms with E-state index in [1.165, 1.54) is 5.56 Å². The lowest BCUT2D eigenvalue weighted by Crippen LogP contribution is -2.37. The highest BCUT2D eigenvalue weighted by Crippen LogP contribution is 2.36. The Balaban J connectivity index is 1.98. The minimum atomic E-state index is -1.09. The quantitative estimate of drug-likeness (QED) is 0.882. The SMILES string of the molecule is CC(C)c1ccc(CN(C)C(=O)C2(O)CC2)nc1. The molecule has 0 unspecified atom stereocenters. The molecule has 1 aromatic heterocycles. The standard InChI is InChI=1S/C14H20N2O2/c1-10(2)11-4-5-12(15-8-11)9-16(3)13(17)14(18)6-7-14/h4-5,8,10,18H,6-7,9H2,1-3H3. The van der Waals surface area contributed by atoms with Crippen LogP contribution >= 0.6 is 0 Å². The van der Waals surface area contributed by atoms with Gasteiger partial charge in [0.2, 0.25) is 0 Å². The number of amides is 1. The predicted molar refractivity (Wildman–Crippen MR) is 69.0 cm³/mol. The minimum Gasteiger partial charge on any atom is -0.380 e. The summed E-state index contributed by atoms with van der Waals surface area (Å²) in [6.07, 6.45) is 3.01. The molecule has 1 aromatic rings. The van der Waals surface area contributed by atoms with E-state index in [0.29, 0.717) is 25.3 Å². The lowest BCUT2D eigenvalue weighted by Gasteiger charge is -2.20. The Kier molecular flexibility index (Phi) is 3.39. The van der Waals surface area contributed by atoms with Crippen molar-refractivity contribution in [3.63, 3.8) is 0 Å². The van der Waals surface area contributed by atoms with Crippen molar-refractivity contribution in [2.75, 3.05) is 7.05 Å². The molecule has 2 rings (SSSR count). The third-order valence-electron chi connectivity index (χ3n) is 3.38. The molecule has 1 amide bonds. The first-order valence-electron chi connectivity index (χ1n) is 6.35. The van der Waals surface area contributed by atoms with Gasteiger partial charge in [-0.25, -0.2) is 0 Å². The number of carbonyl (C=O) groups excluding carboxylic acids is 1. The molecular weight excluding hydrogens is 228 g/mol. The molecule has 4 heteroatoms. The number of nitrogens with zero attached hydrogens (tertiary/aromatic N) is 2. The Morgan fingerprint density at radius 3 is 2.61 bits per heavy atom. The molecule has 4 nitrogen and oxygen atoms in total. The Morgan fingerprint density at radius 1 is 1.50 bits per heavy atom. The van der Waals surface area contributed by atoms with Gasteiger partial charge in [-0.05, 0) is 30.4 Å². The maximum absolute atomic E-state index is 11.9. The highest BCUT2D eigenvalue weighted by atomic mass is 16.3. The van der Waals surface area contributed by atoms with Crippen molar-refractivity contribution < 1.29 is 9.90 Å². The first kappa shape index (κ1) is 13.0. The van der Waals surface area contributed by atoms with Gasteiger partial charge in [-0.15, -0.1) is 0 Å². The van der Waals surface area contributed by atoms with Crippen LogP contribution in [-0.2, 0) is 11.3 Å². The van der Waals surface area contributed by atoms with Crippen molar-refractivity contribution in [2.45, 2.75) is 44.8 Å². The van der Waals surface area contributed by atoms with Gasteiger partial charge in [0.25, 0.3) is 5.91 Å². The Labute approximate surface area is 108 Å². The third kappa shape index (κ3) is 2.70. The van der Waals surface area contributed by atoms with E-state index in [1.54, 1.807) is 11.9 Å². The van der Waals surface area contributed by atoms with E-state index in [9.17, 15) is 9.90 Å². The molecule has 1 fully saturated rings. The Hall–Kier alpha value is -1.42. The summed E-state index contributed by atoms with van der Waals surface area (Å²) in [4.78, 5) is 17.8. The second-order valence-electron chi connectivity index (χ2n) is 5.43. The average Bonchev–Trinajstić information content (AvgIpc) is 3.08. The Morgan fingerprint density at radius 2 is 2.17 bits per heavy atom. The van der Waals surface area contributed by atoms with Crippen molar-refractivity contribution in [3.05, 3.63) is 29.6 Å². The lowest BCUT2D eigenvalue weighted by atomic mass is 10.1. The molecule has 0 radical (unpaired) electrons. The first-order valence-corrected chi connectivity index (χ1v) is 6.35. The maximum Gasteiger partial charge on any atom is 0.254 e. The van der Waals surface area contributed by atoms with E-state index in [1.807, 2.05) is 18.3 Å². The van der Waals surface area contributed by atoms with Crippen LogP contribution in [0.3, 0.4) is 0 Å². The highest BCUT2D eigenvalue weighted by Gasteiger charge is 2.49. The number of likely N-dealkylation sites (N-methyl/N-ethyl adjacent to an activating group) is 1. The second kappa shape index (κ2) is 4.69. The zero-order valence-corrected chi connectivity index (χ0v) is 11.2. The van der Waals surface area contributed by atoms with Crippen LogP contribution in [0.25, 0.3) is 0 Å². The molecule has 0 spiro atoms. The van der Waals surface area contributed by atoms with Gasteiger partial charge in [-0.3, -0.25) is 9.78 Å². The number of rotatable bonds is 4. The van der Waals surface area contributed by atoms with Crippen LogP contribution in [0, 0.1) is 0 Å². The van der Waals surface area contributed by atoms with Crippen LogP contribution in [0.5, 0.6) is 0 Å². The summed E-state index contributed by atoms with van der Waals surface area (Å²) in [7, 11) is 1.71. The minimum absolute atomic E-state index is 0.197. The van der Waals surface area contributed by atoms with Crippen LogP contribution in [0.15, 0.2) is 18.3 Å². The molecule has 1 saturated carbocycles. The molecule has 1 N–H and O–H groups in total. The van der Waals surface area contributed by atoms with Crippen LogP contribution in [0.2, 0.25) is 0 Å². The van der Waals surface area contributed by atoms with Gasteiger partial charge in [0, 0.05) is 13.2 Å². The summed E-state index contributed by atoms with van der Waals surface area (Å²) in [5, 5.41) is 9.75. The third-order valence-corrected chi connectivity index (χ3v) is 3.38. The van der Waals surface area contributed by atoms with Gasteiger partial charge in [0.05, 0.1) is 12.2 Å². The molecule has 0 bridgehead atoms. The van der Waals surface area contributed by atoms with Crippen molar-refractivity contribution in [1.29, 1.82) is 0 Å². The van der Waals surface area contributed by atoms with Gasteiger partial charge >= 0.3 is 0 Å². The number of hydrogen-bond donors (Lipinski definition) is 1. The molecule has 1 heterocycles. The lowest BCUT2D eigenvalue weighted by molar-refractivity contribution is -0.141. The van der Waals surface area contributed by atoms with E-state index < -0.39 is 5.60 Å². The van der Waals surface area contributed by atoms with Crippen molar-refractivity contribution in [1.82, 2.24) is 9.88 Å². The molecule has 0 aromatic carbocycles. The summed E-state index contributed by atoms with van der Waals surface area (Å²) >= 11 is 0. The molecule has 18 heavy (non-hydrogen) atoms. The molecule has 0 aliphatic heterocycles. The van der Waals surface area contributed by atoms with Gasteiger partial charge in [-0.2, -0.15) is 0 Å². The van der Waals surface area contributed by atoms with Gasteiger partial charge in [0.15, 0.2) is 0 Å². The number of aliphatic hydroxyl groups is 1. The van der Waals surface area contributed by atoms with E-state index in [0.717, 1.165) is 5.69 Å². The second-order valence-corrected chi connectivity index (χ2v) is 5.43. The van der Waals surface area contributed by atoms with E-state index in [-0.39, 0.29) is 5.91 Å². The molecule has 1 aliphatic rings.